The zero-order chi connectivity index (χ0) is 12.6. The molecule has 0 aliphatic carbocycles. The van der Waals surface area contributed by atoms with Crippen molar-refractivity contribution < 1.29 is 4.79 Å². The van der Waals surface area contributed by atoms with Gasteiger partial charge in [-0.25, -0.2) is 9.79 Å². The second-order valence-corrected chi connectivity index (χ2v) is 4.42. The van der Waals surface area contributed by atoms with Crippen LogP contribution in [-0.2, 0) is 4.79 Å². The van der Waals surface area contributed by atoms with Crippen LogP contribution >= 0.6 is 0 Å². The van der Waals surface area contributed by atoms with E-state index in [4.69, 9.17) is 5.26 Å². The Hall–Kier alpha value is -1.13. The van der Waals surface area contributed by atoms with Gasteiger partial charge in [-0.15, -0.1) is 0 Å². The number of unbranched alkanes of at least 4 members (excludes halogenated alkanes) is 10. The minimum Gasteiger partial charge on any atom is -0.211 e. The summed E-state index contributed by atoms with van der Waals surface area (Å²) in [7, 11) is 0. The van der Waals surface area contributed by atoms with E-state index in [1.165, 1.54) is 51.4 Å². The summed E-state index contributed by atoms with van der Waals surface area (Å²) in [6.45, 7) is 0.641. The largest absolute Gasteiger partial charge is 0.234 e. The molecular weight excluding hydrogens is 212 g/mol. The maximum absolute atomic E-state index is 9.80. The van der Waals surface area contributed by atoms with Gasteiger partial charge in [-0.3, -0.25) is 0 Å². The number of rotatable bonds is 12. The summed E-state index contributed by atoms with van der Waals surface area (Å²) in [5.41, 5.74) is 0. The highest BCUT2D eigenvalue weighted by Gasteiger charge is 1.92. The molecule has 0 aromatic rings. The minimum absolute atomic E-state index is 0.641. The van der Waals surface area contributed by atoms with E-state index in [1.54, 1.807) is 6.08 Å². The van der Waals surface area contributed by atoms with Crippen molar-refractivity contribution in [3.8, 4) is 6.07 Å². The van der Waals surface area contributed by atoms with E-state index in [2.05, 4.69) is 11.1 Å². The van der Waals surface area contributed by atoms with Crippen molar-refractivity contribution in [3.05, 3.63) is 0 Å². The number of hydrogen-bond acceptors (Lipinski definition) is 3. The van der Waals surface area contributed by atoms with Crippen LogP contribution < -0.4 is 0 Å². The molecule has 0 unspecified atom stereocenters. The van der Waals surface area contributed by atoms with E-state index in [0.717, 1.165) is 12.8 Å². The Balaban J connectivity index is 2.94. The predicted molar refractivity (Wildman–Crippen MR) is 69.4 cm³/mol. The summed E-state index contributed by atoms with van der Waals surface area (Å²) in [5.74, 6) is 0. The second kappa shape index (κ2) is 14.9. The monoisotopic (exact) mass is 236 g/mol. The Morgan fingerprint density at radius 3 is 1.71 bits per heavy atom. The zero-order valence-corrected chi connectivity index (χ0v) is 10.8. The smallest absolute Gasteiger partial charge is 0.211 e. The molecule has 0 rings (SSSR count). The van der Waals surface area contributed by atoms with Crippen LogP contribution in [0.1, 0.15) is 70.6 Å². The van der Waals surface area contributed by atoms with E-state index in [0.29, 0.717) is 13.0 Å². The lowest BCUT2D eigenvalue weighted by atomic mass is 10.1. The molecule has 0 aromatic carbocycles. The van der Waals surface area contributed by atoms with Crippen LogP contribution in [0.15, 0.2) is 4.99 Å². The van der Waals surface area contributed by atoms with E-state index >= 15 is 0 Å². The Morgan fingerprint density at radius 2 is 1.24 bits per heavy atom. The van der Waals surface area contributed by atoms with Gasteiger partial charge < -0.3 is 0 Å². The molecule has 0 aromatic heterocycles. The fourth-order valence-corrected chi connectivity index (χ4v) is 1.85. The van der Waals surface area contributed by atoms with Crippen molar-refractivity contribution in [1.29, 1.82) is 5.26 Å². The third-order valence-corrected chi connectivity index (χ3v) is 2.87. The fraction of sp³-hybridized carbons (Fsp3) is 0.857. The van der Waals surface area contributed by atoms with Gasteiger partial charge in [0.05, 0.1) is 12.6 Å². The van der Waals surface area contributed by atoms with Crippen LogP contribution in [0.25, 0.3) is 0 Å². The topological polar surface area (TPSA) is 53.2 Å². The first kappa shape index (κ1) is 15.9. The molecule has 0 bridgehead atoms. The predicted octanol–water partition coefficient (Wildman–Crippen LogP) is 4.14. The van der Waals surface area contributed by atoms with Gasteiger partial charge in [0.15, 0.2) is 0 Å². The number of nitriles is 1. The highest BCUT2D eigenvalue weighted by Crippen LogP contribution is 2.11. The summed E-state index contributed by atoms with van der Waals surface area (Å²) >= 11 is 0. The minimum atomic E-state index is 0.641. The molecule has 17 heavy (non-hydrogen) atoms. The van der Waals surface area contributed by atoms with E-state index in [1.807, 2.05) is 0 Å². The van der Waals surface area contributed by atoms with Gasteiger partial charge in [0, 0.05) is 6.42 Å². The highest BCUT2D eigenvalue weighted by atomic mass is 16.1. The SMILES string of the molecule is N#CCCCCCCCCCCCCN=C=O. The Bertz CT molecular complexity index is 239. The second-order valence-electron chi connectivity index (χ2n) is 4.42. The molecule has 0 aliphatic rings. The zero-order valence-electron chi connectivity index (χ0n) is 10.8. The number of hydrogen-bond donors (Lipinski definition) is 0. The van der Waals surface area contributed by atoms with Crippen molar-refractivity contribution in [2.45, 2.75) is 70.6 Å². The van der Waals surface area contributed by atoms with Crippen LogP contribution in [0, 0.1) is 11.3 Å². The molecule has 0 heterocycles. The first-order valence-electron chi connectivity index (χ1n) is 6.82. The van der Waals surface area contributed by atoms with E-state index in [-0.39, 0.29) is 0 Å². The van der Waals surface area contributed by atoms with Gasteiger partial charge in [-0.1, -0.05) is 51.4 Å². The van der Waals surface area contributed by atoms with Crippen LogP contribution in [0.5, 0.6) is 0 Å². The third-order valence-electron chi connectivity index (χ3n) is 2.87. The standard InChI is InChI=1S/C14H24N2O/c15-12-10-8-6-4-2-1-3-5-7-9-11-13-16-14-17/h1-11,13H2. The molecule has 0 amide bonds. The van der Waals surface area contributed by atoms with Crippen molar-refractivity contribution >= 4 is 6.08 Å². The Kier molecular flexibility index (Phi) is 13.9. The van der Waals surface area contributed by atoms with Crippen molar-refractivity contribution in [1.82, 2.24) is 0 Å². The molecule has 0 spiro atoms. The summed E-state index contributed by atoms with van der Waals surface area (Å²) in [6, 6.07) is 2.18. The molecule has 3 nitrogen and oxygen atoms in total. The normalized spacial score (nSPS) is 9.59. The maximum Gasteiger partial charge on any atom is 0.234 e. The molecule has 0 N–H and O–H groups in total. The lowest BCUT2D eigenvalue weighted by molar-refractivity contribution is 0.550. The van der Waals surface area contributed by atoms with Gasteiger partial charge >= 0.3 is 0 Å². The van der Waals surface area contributed by atoms with Crippen LogP contribution in [0.4, 0.5) is 0 Å². The molecule has 0 aliphatic heterocycles. The van der Waals surface area contributed by atoms with Crippen LogP contribution in [-0.4, -0.2) is 12.6 Å². The van der Waals surface area contributed by atoms with Gasteiger partial charge in [0.1, 0.15) is 0 Å². The lowest BCUT2D eigenvalue weighted by Crippen LogP contribution is -1.84. The molecular formula is C14H24N2O. The Morgan fingerprint density at radius 1 is 0.765 bits per heavy atom. The number of carbonyl (C=O) groups excluding carboxylic acids is 1. The quantitative estimate of drug-likeness (QED) is 0.290. The molecule has 96 valence electrons. The van der Waals surface area contributed by atoms with Gasteiger partial charge in [-0.05, 0) is 12.8 Å². The third kappa shape index (κ3) is 14.9. The lowest BCUT2D eigenvalue weighted by Gasteiger charge is -2.01. The van der Waals surface area contributed by atoms with Gasteiger partial charge in [0.25, 0.3) is 0 Å². The average Bonchev–Trinajstić information content (AvgIpc) is 2.35. The molecule has 0 atom stereocenters. The Labute approximate surface area is 105 Å². The molecule has 3 heteroatoms. The summed E-state index contributed by atoms with van der Waals surface area (Å²) < 4.78 is 0. The van der Waals surface area contributed by atoms with Crippen LogP contribution in [0.3, 0.4) is 0 Å². The molecule has 0 saturated carbocycles. The summed E-state index contributed by atoms with van der Waals surface area (Å²) in [6.07, 6.45) is 14.5. The maximum atomic E-state index is 9.80. The van der Waals surface area contributed by atoms with Crippen molar-refractivity contribution in [2.75, 3.05) is 6.54 Å². The molecule has 0 saturated heterocycles. The fourth-order valence-electron chi connectivity index (χ4n) is 1.85. The molecule has 0 radical (unpaired) electrons. The number of nitrogens with zero attached hydrogens (tertiary/aromatic N) is 2. The van der Waals surface area contributed by atoms with E-state index < -0.39 is 0 Å². The van der Waals surface area contributed by atoms with Gasteiger partial charge in [0.2, 0.25) is 6.08 Å². The summed E-state index contributed by atoms with van der Waals surface area (Å²) in [5, 5.41) is 8.37. The van der Waals surface area contributed by atoms with Crippen molar-refractivity contribution in [2.24, 2.45) is 4.99 Å². The first-order chi connectivity index (χ1) is 8.41. The highest BCUT2D eigenvalue weighted by molar-refractivity contribution is 5.32. The first-order valence-corrected chi connectivity index (χ1v) is 6.82. The number of aliphatic imine (C=N–C) groups is 1. The number of isocyanates is 1. The summed E-state index contributed by atoms with van der Waals surface area (Å²) in [4.78, 5) is 13.3. The molecule has 0 fully saturated rings. The van der Waals surface area contributed by atoms with Crippen LogP contribution in [0.2, 0.25) is 0 Å². The van der Waals surface area contributed by atoms with Gasteiger partial charge in [-0.2, -0.15) is 5.26 Å². The van der Waals surface area contributed by atoms with E-state index in [9.17, 15) is 4.79 Å². The average molecular weight is 236 g/mol. The van der Waals surface area contributed by atoms with Crippen molar-refractivity contribution in [3.63, 3.8) is 0 Å².